The highest BCUT2D eigenvalue weighted by atomic mass is 16.6. The third-order valence-corrected chi connectivity index (χ3v) is 4.70. The number of ether oxygens (including phenoxy) is 2. The van der Waals surface area contributed by atoms with Gasteiger partial charge in [0, 0.05) is 5.92 Å². The highest BCUT2D eigenvalue weighted by Crippen LogP contribution is 2.57. The van der Waals surface area contributed by atoms with Crippen molar-refractivity contribution in [2.24, 2.45) is 23.7 Å². The van der Waals surface area contributed by atoms with Crippen LogP contribution in [-0.4, -0.2) is 35.5 Å². The Hall–Kier alpha value is -0.420. The van der Waals surface area contributed by atoms with E-state index >= 15 is 0 Å². The summed E-state index contributed by atoms with van der Waals surface area (Å²) in [6.45, 7) is 6.13. The largest absolute Gasteiger partial charge is 0.368 e. The lowest BCUT2D eigenvalue weighted by atomic mass is 9.79. The van der Waals surface area contributed by atoms with Crippen molar-refractivity contribution in [3.63, 3.8) is 0 Å². The van der Waals surface area contributed by atoms with Gasteiger partial charge in [-0.1, -0.05) is 6.58 Å². The van der Waals surface area contributed by atoms with Crippen molar-refractivity contribution in [3.8, 4) is 0 Å². The molecule has 0 aromatic carbocycles. The molecule has 4 heteroatoms. The van der Waals surface area contributed by atoms with Crippen LogP contribution in [0.15, 0.2) is 12.2 Å². The summed E-state index contributed by atoms with van der Waals surface area (Å²) in [6, 6.07) is 0. The van der Waals surface area contributed by atoms with Crippen molar-refractivity contribution in [2.45, 2.75) is 38.4 Å². The SMILES string of the molecule is C=C(C)C(O)OC1CC2CC1C1C(O)OCC21. The summed E-state index contributed by atoms with van der Waals surface area (Å²) >= 11 is 0. The molecule has 3 rings (SSSR count). The molecule has 2 saturated carbocycles. The highest BCUT2D eigenvalue weighted by Gasteiger charge is 2.58. The Morgan fingerprint density at radius 2 is 2.18 bits per heavy atom. The molecule has 0 spiro atoms. The normalized spacial score (nSPS) is 49.4. The van der Waals surface area contributed by atoms with Gasteiger partial charge < -0.3 is 19.7 Å². The fourth-order valence-corrected chi connectivity index (χ4v) is 3.89. The maximum absolute atomic E-state index is 9.82. The summed E-state index contributed by atoms with van der Waals surface area (Å²) in [5.41, 5.74) is 0.632. The molecular weight excluding hydrogens is 220 g/mol. The highest BCUT2D eigenvalue weighted by molar-refractivity contribution is 5.05. The van der Waals surface area contributed by atoms with Gasteiger partial charge in [-0.3, -0.25) is 0 Å². The van der Waals surface area contributed by atoms with E-state index in [-0.39, 0.29) is 12.0 Å². The topological polar surface area (TPSA) is 58.9 Å². The molecule has 17 heavy (non-hydrogen) atoms. The number of aliphatic hydroxyl groups excluding tert-OH is 2. The van der Waals surface area contributed by atoms with Gasteiger partial charge in [0.1, 0.15) is 0 Å². The molecule has 4 nitrogen and oxygen atoms in total. The predicted octanol–water partition coefficient (Wildman–Crippen LogP) is 0.887. The van der Waals surface area contributed by atoms with Crippen molar-refractivity contribution < 1.29 is 19.7 Å². The van der Waals surface area contributed by atoms with Crippen molar-refractivity contribution in [3.05, 3.63) is 12.2 Å². The minimum absolute atomic E-state index is 0.0456. The number of aliphatic hydroxyl groups is 2. The Morgan fingerprint density at radius 1 is 1.41 bits per heavy atom. The Kier molecular flexibility index (Phi) is 2.78. The molecule has 96 valence electrons. The van der Waals surface area contributed by atoms with Crippen LogP contribution in [0.1, 0.15) is 19.8 Å². The smallest absolute Gasteiger partial charge is 0.176 e. The van der Waals surface area contributed by atoms with Gasteiger partial charge in [0.05, 0.1) is 12.7 Å². The zero-order valence-electron chi connectivity index (χ0n) is 10.1. The van der Waals surface area contributed by atoms with E-state index in [1.165, 1.54) is 0 Å². The molecule has 7 unspecified atom stereocenters. The fourth-order valence-electron chi connectivity index (χ4n) is 3.89. The average Bonchev–Trinajstić information content (AvgIpc) is 2.91. The van der Waals surface area contributed by atoms with Gasteiger partial charge >= 0.3 is 0 Å². The first-order valence-electron chi connectivity index (χ1n) is 6.36. The average molecular weight is 240 g/mol. The molecule has 2 aliphatic carbocycles. The first-order valence-corrected chi connectivity index (χ1v) is 6.36. The van der Waals surface area contributed by atoms with Crippen LogP contribution in [0.4, 0.5) is 0 Å². The van der Waals surface area contributed by atoms with Crippen LogP contribution in [-0.2, 0) is 9.47 Å². The van der Waals surface area contributed by atoms with Gasteiger partial charge in [-0.2, -0.15) is 0 Å². The molecule has 3 aliphatic rings. The summed E-state index contributed by atoms with van der Waals surface area (Å²) in [7, 11) is 0. The van der Waals surface area contributed by atoms with Crippen LogP contribution in [0, 0.1) is 23.7 Å². The van der Waals surface area contributed by atoms with E-state index in [1.807, 2.05) is 0 Å². The van der Waals surface area contributed by atoms with Crippen molar-refractivity contribution in [2.75, 3.05) is 6.61 Å². The lowest BCUT2D eigenvalue weighted by Gasteiger charge is -2.32. The third-order valence-electron chi connectivity index (χ3n) is 4.70. The van der Waals surface area contributed by atoms with Crippen LogP contribution in [0.3, 0.4) is 0 Å². The maximum Gasteiger partial charge on any atom is 0.176 e. The first kappa shape index (κ1) is 11.7. The van der Waals surface area contributed by atoms with Crippen LogP contribution in [0.5, 0.6) is 0 Å². The zero-order valence-corrected chi connectivity index (χ0v) is 10.1. The Morgan fingerprint density at radius 3 is 2.88 bits per heavy atom. The molecule has 2 bridgehead atoms. The second-order valence-corrected chi connectivity index (χ2v) is 5.73. The van der Waals surface area contributed by atoms with Crippen LogP contribution >= 0.6 is 0 Å². The molecule has 7 atom stereocenters. The van der Waals surface area contributed by atoms with Gasteiger partial charge in [0.15, 0.2) is 12.6 Å². The predicted molar refractivity (Wildman–Crippen MR) is 60.8 cm³/mol. The number of fused-ring (bicyclic) bond motifs is 5. The van der Waals surface area contributed by atoms with Crippen molar-refractivity contribution >= 4 is 0 Å². The third kappa shape index (κ3) is 1.74. The van der Waals surface area contributed by atoms with E-state index < -0.39 is 12.6 Å². The molecule has 2 N–H and O–H groups in total. The van der Waals surface area contributed by atoms with Crippen LogP contribution < -0.4 is 0 Å². The Balaban J connectivity index is 1.69. The van der Waals surface area contributed by atoms with Crippen molar-refractivity contribution in [1.82, 2.24) is 0 Å². The van der Waals surface area contributed by atoms with E-state index in [0.29, 0.717) is 29.9 Å². The molecule has 1 heterocycles. The Bertz CT molecular complexity index is 329. The quantitative estimate of drug-likeness (QED) is 0.568. The summed E-state index contributed by atoms with van der Waals surface area (Å²) in [5.74, 6) is 1.62. The molecule has 0 radical (unpaired) electrons. The van der Waals surface area contributed by atoms with Gasteiger partial charge in [-0.15, -0.1) is 0 Å². The Labute approximate surface area is 101 Å². The molecule has 1 saturated heterocycles. The minimum atomic E-state index is -0.878. The molecule has 0 aromatic rings. The van der Waals surface area contributed by atoms with Crippen LogP contribution in [0.2, 0.25) is 0 Å². The molecule has 0 aromatic heterocycles. The fraction of sp³-hybridized carbons (Fsp3) is 0.846. The second kappa shape index (κ2) is 4.05. The molecule has 1 aliphatic heterocycles. The van der Waals surface area contributed by atoms with E-state index in [1.54, 1.807) is 6.92 Å². The van der Waals surface area contributed by atoms with Gasteiger partial charge in [-0.25, -0.2) is 0 Å². The summed E-state index contributed by atoms with van der Waals surface area (Å²) < 4.78 is 11.0. The molecule has 3 fully saturated rings. The number of hydrogen-bond acceptors (Lipinski definition) is 4. The van der Waals surface area contributed by atoms with Gasteiger partial charge in [0.25, 0.3) is 0 Å². The zero-order chi connectivity index (χ0) is 12.2. The van der Waals surface area contributed by atoms with Gasteiger partial charge in [-0.05, 0) is 43.1 Å². The van der Waals surface area contributed by atoms with E-state index in [2.05, 4.69) is 6.58 Å². The summed E-state index contributed by atoms with van der Waals surface area (Å²) in [5, 5.41) is 19.5. The summed E-state index contributed by atoms with van der Waals surface area (Å²) in [4.78, 5) is 0. The van der Waals surface area contributed by atoms with E-state index in [4.69, 9.17) is 9.47 Å². The minimum Gasteiger partial charge on any atom is -0.368 e. The van der Waals surface area contributed by atoms with Crippen molar-refractivity contribution in [1.29, 1.82) is 0 Å². The van der Waals surface area contributed by atoms with Gasteiger partial charge in [0.2, 0.25) is 0 Å². The number of rotatable bonds is 3. The molecular formula is C13H20O4. The monoisotopic (exact) mass is 240 g/mol. The standard InChI is InChI=1S/C13H20O4/c1-6(2)12(14)17-10-4-7-3-8(10)11-9(7)5-16-13(11)15/h7-15H,1,3-5H2,2H3. The van der Waals surface area contributed by atoms with Crippen LogP contribution in [0.25, 0.3) is 0 Å². The van der Waals surface area contributed by atoms with E-state index in [9.17, 15) is 10.2 Å². The lowest BCUT2D eigenvalue weighted by Crippen LogP contribution is -2.37. The molecule has 0 amide bonds. The lowest BCUT2D eigenvalue weighted by molar-refractivity contribution is -0.152. The number of hydrogen-bond donors (Lipinski definition) is 2. The maximum atomic E-state index is 9.82. The summed E-state index contributed by atoms with van der Waals surface area (Å²) in [6.07, 6.45) is 0.611. The van der Waals surface area contributed by atoms with E-state index in [0.717, 1.165) is 12.8 Å². The second-order valence-electron chi connectivity index (χ2n) is 5.73. The first-order chi connectivity index (χ1) is 8.08.